The molecule has 0 spiro atoms. The average Bonchev–Trinajstić information content (AvgIpc) is 3.07. The Bertz CT molecular complexity index is 980. The minimum absolute atomic E-state index is 0.262. The largest absolute Gasteiger partial charge is 0.368 e. The lowest BCUT2D eigenvalue weighted by molar-refractivity contribution is 0.628. The third kappa shape index (κ3) is 3.33. The molecule has 1 N–H and O–H groups in total. The van der Waals surface area contributed by atoms with Crippen molar-refractivity contribution in [3.63, 3.8) is 0 Å². The Morgan fingerprint density at radius 3 is 2.64 bits per heavy atom. The van der Waals surface area contributed by atoms with E-state index >= 15 is 0 Å². The molecule has 5 nitrogen and oxygen atoms in total. The van der Waals surface area contributed by atoms with Gasteiger partial charge in [-0.15, -0.1) is 5.10 Å². The van der Waals surface area contributed by atoms with E-state index in [4.69, 9.17) is 0 Å². The van der Waals surface area contributed by atoms with Crippen LogP contribution in [0.5, 0.6) is 0 Å². The number of halogens is 1. The molecule has 4 rings (SSSR count). The second-order valence-corrected chi connectivity index (χ2v) is 5.64. The van der Waals surface area contributed by atoms with Gasteiger partial charge < -0.3 is 5.32 Å². The van der Waals surface area contributed by atoms with Crippen molar-refractivity contribution < 1.29 is 4.39 Å². The summed E-state index contributed by atoms with van der Waals surface area (Å²) < 4.78 is 14.9. The molecule has 1 aromatic carbocycles. The smallest absolute Gasteiger partial charge is 0.154 e. The van der Waals surface area contributed by atoms with Crippen LogP contribution in [0.1, 0.15) is 5.69 Å². The van der Waals surface area contributed by atoms with Crippen LogP contribution in [-0.2, 0) is 6.42 Å². The van der Waals surface area contributed by atoms with Crippen molar-refractivity contribution >= 4 is 11.5 Å². The van der Waals surface area contributed by atoms with Crippen LogP contribution in [0.15, 0.2) is 67.0 Å². The molecule has 3 heterocycles. The Labute approximate surface area is 144 Å². The first kappa shape index (κ1) is 15.3. The van der Waals surface area contributed by atoms with E-state index in [2.05, 4.69) is 20.4 Å². The van der Waals surface area contributed by atoms with Gasteiger partial charge in [0.15, 0.2) is 5.65 Å². The maximum Gasteiger partial charge on any atom is 0.154 e. The van der Waals surface area contributed by atoms with Gasteiger partial charge in [0.1, 0.15) is 11.6 Å². The number of pyridine rings is 1. The fraction of sp³-hybridized carbons (Fsp3) is 0.105. The van der Waals surface area contributed by atoms with Crippen LogP contribution >= 0.6 is 0 Å². The summed E-state index contributed by atoms with van der Waals surface area (Å²) >= 11 is 0. The first-order valence-corrected chi connectivity index (χ1v) is 8.04. The fourth-order valence-electron chi connectivity index (χ4n) is 2.65. The van der Waals surface area contributed by atoms with Gasteiger partial charge in [0.25, 0.3) is 0 Å². The zero-order valence-corrected chi connectivity index (χ0v) is 13.4. The lowest BCUT2D eigenvalue weighted by Crippen LogP contribution is -2.09. The number of aromatic nitrogens is 4. The van der Waals surface area contributed by atoms with Gasteiger partial charge in [-0.3, -0.25) is 4.98 Å². The zero-order chi connectivity index (χ0) is 17.1. The summed E-state index contributed by atoms with van der Waals surface area (Å²) in [7, 11) is 0. The normalized spacial score (nSPS) is 10.9. The molecule has 3 aromatic heterocycles. The molecule has 0 aliphatic carbocycles. The maximum absolute atomic E-state index is 13.1. The highest BCUT2D eigenvalue weighted by molar-refractivity contribution is 5.63. The standard InChI is InChI=1S/C19H16FN5/c20-15-6-4-14(5-7-15)17-13-23-19-9-8-18(24-25(17)19)22-12-10-16-3-1-2-11-21-16/h1-9,11,13H,10,12H2,(H,22,24). The molecule has 0 fully saturated rings. The number of fused-ring (bicyclic) bond motifs is 1. The quantitative estimate of drug-likeness (QED) is 0.606. The SMILES string of the molecule is Fc1ccc(-c2cnc3ccc(NCCc4ccccn4)nn23)cc1. The van der Waals surface area contributed by atoms with E-state index in [1.807, 2.05) is 30.3 Å². The van der Waals surface area contributed by atoms with E-state index in [-0.39, 0.29) is 5.82 Å². The Kier molecular flexibility index (Phi) is 4.08. The average molecular weight is 333 g/mol. The van der Waals surface area contributed by atoms with Gasteiger partial charge in [-0.05, 0) is 48.5 Å². The summed E-state index contributed by atoms with van der Waals surface area (Å²) in [4.78, 5) is 8.66. The number of hydrogen-bond donors (Lipinski definition) is 1. The first-order chi connectivity index (χ1) is 12.3. The highest BCUT2D eigenvalue weighted by Crippen LogP contribution is 2.21. The maximum atomic E-state index is 13.1. The monoisotopic (exact) mass is 333 g/mol. The molecular formula is C19H16FN5. The molecule has 124 valence electrons. The van der Waals surface area contributed by atoms with Crippen LogP contribution in [0.4, 0.5) is 10.2 Å². The number of benzene rings is 1. The van der Waals surface area contributed by atoms with Crippen LogP contribution < -0.4 is 5.32 Å². The Balaban J connectivity index is 1.55. The summed E-state index contributed by atoms with van der Waals surface area (Å²) in [5, 5.41) is 7.90. The number of nitrogens with zero attached hydrogens (tertiary/aromatic N) is 4. The molecule has 0 bridgehead atoms. The van der Waals surface area contributed by atoms with E-state index in [1.54, 1.807) is 29.0 Å². The highest BCUT2D eigenvalue weighted by Gasteiger charge is 2.08. The predicted octanol–water partition coefficient (Wildman–Crippen LogP) is 3.59. The molecule has 0 unspecified atom stereocenters. The second kappa shape index (κ2) is 6.68. The van der Waals surface area contributed by atoms with Crippen molar-refractivity contribution in [2.45, 2.75) is 6.42 Å². The minimum Gasteiger partial charge on any atom is -0.368 e. The fourth-order valence-corrected chi connectivity index (χ4v) is 2.65. The van der Waals surface area contributed by atoms with Gasteiger partial charge in [0.05, 0.1) is 11.9 Å². The van der Waals surface area contributed by atoms with Crippen molar-refractivity contribution in [2.24, 2.45) is 0 Å². The van der Waals surface area contributed by atoms with Gasteiger partial charge in [-0.25, -0.2) is 13.9 Å². The molecule has 0 saturated carbocycles. The van der Waals surface area contributed by atoms with Gasteiger partial charge in [0.2, 0.25) is 0 Å². The number of imidazole rings is 1. The Morgan fingerprint density at radius 2 is 1.84 bits per heavy atom. The molecule has 0 saturated heterocycles. The summed E-state index contributed by atoms with van der Waals surface area (Å²) in [5.74, 6) is 0.493. The second-order valence-electron chi connectivity index (χ2n) is 5.64. The van der Waals surface area contributed by atoms with Gasteiger partial charge in [0, 0.05) is 30.4 Å². The molecule has 4 aromatic rings. The molecule has 0 atom stereocenters. The predicted molar refractivity (Wildman–Crippen MR) is 94.8 cm³/mol. The van der Waals surface area contributed by atoms with Gasteiger partial charge >= 0.3 is 0 Å². The van der Waals surface area contributed by atoms with Gasteiger partial charge in [-0.2, -0.15) is 0 Å². The highest BCUT2D eigenvalue weighted by atomic mass is 19.1. The van der Waals surface area contributed by atoms with Crippen LogP contribution in [0.25, 0.3) is 16.9 Å². The van der Waals surface area contributed by atoms with Crippen LogP contribution in [0.2, 0.25) is 0 Å². The number of rotatable bonds is 5. The van der Waals surface area contributed by atoms with Crippen molar-refractivity contribution in [1.82, 2.24) is 19.6 Å². The molecule has 0 radical (unpaired) electrons. The number of hydrogen-bond acceptors (Lipinski definition) is 4. The van der Waals surface area contributed by atoms with Crippen molar-refractivity contribution in [1.29, 1.82) is 0 Å². The number of anilines is 1. The van der Waals surface area contributed by atoms with E-state index in [9.17, 15) is 4.39 Å². The van der Waals surface area contributed by atoms with Crippen LogP contribution in [0.3, 0.4) is 0 Å². The van der Waals surface area contributed by atoms with Crippen molar-refractivity contribution in [3.8, 4) is 11.3 Å². The van der Waals surface area contributed by atoms with Crippen molar-refractivity contribution in [2.75, 3.05) is 11.9 Å². The number of nitrogens with one attached hydrogen (secondary N) is 1. The third-order valence-electron chi connectivity index (χ3n) is 3.92. The van der Waals surface area contributed by atoms with E-state index < -0.39 is 0 Å². The lowest BCUT2D eigenvalue weighted by atomic mass is 10.2. The molecule has 6 heteroatoms. The van der Waals surface area contributed by atoms with Crippen LogP contribution in [-0.4, -0.2) is 26.1 Å². The molecule has 0 amide bonds. The summed E-state index contributed by atoms with van der Waals surface area (Å²) in [5.41, 5.74) is 3.47. The zero-order valence-electron chi connectivity index (χ0n) is 13.4. The topological polar surface area (TPSA) is 55.1 Å². The summed E-state index contributed by atoms with van der Waals surface area (Å²) in [6.45, 7) is 0.732. The Morgan fingerprint density at radius 1 is 0.960 bits per heavy atom. The molecule has 0 aliphatic rings. The Hall–Kier alpha value is -3.28. The van der Waals surface area contributed by atoms with Gasteiger partial charge in [-0.1, -0.05) is 6.07 Å². The molecular weight excluding hydrogens is 317 g/mol. The molecule has 0 aliphatic heterocycles. The lowest BCUT2D eigenvalue weighted by Gasteiger charge is -2.07. The van der Waals surface area contributed by atoms with Crippen LogP contribution in [0, 0.1) is 5.82 Å². The van der Waals surface area contributed by atoms with E-state index in [0.717, 1.165) is 41.4 Å². The van der Waals surface area contributed by atoms with E-state index in [1.165, 1.54) is 12.1 Å². The molecule has 25 heavy (non-hydrogen) atoms. The summed E-state index contributed by atoms with van der Waals surface area (Å²) in [6, 6.07) is 16.0. The van der Waals surface area contributed by atoms with Crippen molar-refractivity contribution in [3.05, 3.63) is 78.5 Å². The minimum atomic E-state index is -0.262. The third-order valence-corrected chi connectivity index (χ3v) is 3.92. The summed E-state index contributed by atoms with van der Waals surface area (Å²) in [6.07, 6.45) is 4.35. The first-order valence-electron chi connectivity index (χ1n) is 8.04. The van der Waals surface area contributed by atoms with E-state index in [0.29, 0.717) is 0 Å².